The Morgan fingerprint density at radius 1 is 1.18 bits per heavy atom. The largest absolute Gasteiger partial charge is 0.488 e. The van der Waals surface area contributed by atoms with Crippen molar-refractivity contribution in [3.05, 3.63) is 24.0 Å². The van der Waals surface area contributed by atoms with Crippen LogP contribution in [0.25, 0.3) is 0 Å². The number of Topliss-reactive ketones (excluding diaryl/α,β-unsaturated/α-hetero) is 1. The molecule has 0 heterocycles. The Morgan fingerprint density at radius 2 is 1.95 bits per heavy atom. The molecule has 0 aliphatic carbocycles. The number of ketones is 1. The molecule has 0 atom stereocenters. The predicted molar refractivity (Wildman–Crippen MR) is 83.0 cm³/mol. The average Bonchev–Trinajstić information content (AvgIpc) is 2.48. The first kappa shape index (κ1) is 18.4. The molecule has 5 nitrogen and oxygen atoms in total. The van der Waals surface area contributed by atoms with Gasteiger partial charge in [0.25, 0.3) is 0 Å². The molecular formula is C16H24FNO4. The minimum atomic E-state index is -0.390. The minimum absolute atomic E-state index is 0.0103. The van der Waals surface area contributed by atoms with Crippen molar-refractivity contribution in [2.45, 2.75) is 20.3 Å². The van der Waals surface area contributed by atoms with E-state index in [4.69, 9.17) is 14.2 Å². The zero-order chi connectivity index (χ0) is 16.2. The molecule has 0 amide bonds. The van der Waals surface area contributed by atoms with Gasteiger partial charge in [-0.15, -0.1) is 0 Å². The molecule has 6 heteroatoms. The van der Waals surface area contributed by atoms with Crippen LogP contribution < -0.4 is 10.1 Å². The Hall–Kier alpha value is -1.66. The second-order valence-corrected chi connectivity index (χ2v) is 4.74. The van der Waals surface area contributed by atoms with E-state index in [1.54, 1.807) is 12.1 Å². The lowest BCUT2D eigenvalue weighted by atomic mass is 10.3. The van der Waals surface area contributed by atoms with Crippen molar-refractivity contribution < 1.29 is 23.4 Å². The third-order valence-electron chi connectivity index (χ3n) is 2.68. The normalized spacial score (nSPS) is 10.5. The molecule has 0 fully saturated rings. The van der Waals surface area contributed by atoms with E-state index in [0.717, 1.165) is 12.2 Å². The molecule has 0 unspecified atom stereocenters. The van der Waals surface area contributed by atoms with Gasteiger partial charge in [-0.1, -0.05) is 0 Å². The fourth-order valence-corrected chi connectivity index (χ4v) is 1.72. The molecule has 22 heavy (non-hydrogen) atoms. The van der Waals surface area contributed by atoms with Gasteiger partial charge < -0.3 is 19.5 Å². The van der Waals surface area contributed by atoms with Gasteiger partial charge in [0, 0.05) is 31.5 Å². The fourth-order valence-electron chi connectivity index (χ4n) is 1.72. The van der Waals surface area contributed by atoms with Gasteiger partial charge >= 0.3 is 0 Å². The summed E-state index contributed by atoms with van der Waals surface area (Å²) in [7, 11) is 0. The van der Waals surface area contributed by atoms with Crippen LogP contribution in [0, 0.1) is 5.82 Å². The minimum Gasteiger partial charge on any atom is -0.488 e. The molecule has 1 aromatic rings. The third-order valence-corrected chi connectivity index (χ3v) is 2.68. The van der Waals surface area contributed by atoms with Gasteiger partial charge in [0.2, 0.25) is 0 Å². The lowest BCUT2D eigenvalue weighted by molar-refractivity contribution is -0.121. The van der Waals surface area contributed by atoms with Crippen LogP contribution in [-0.2, 0) is 14.3 Å². The van der Waals surface area contributed by atoms with Gasteiger partial charge in [0.05, 0.1) is 6.61 Å². The van der Waals surface area contributed by atoms with E-state index in [0.29, 0.717) is 26.2 Å². The number of nitrogens with one attached hydrogen (secondary N) is 1. The summed E-state index contributed by atoms with van der Waals surface area (Å²) >= 11 is 0. The number of ether oxygens (including phenoxy) is 3. The Balaban J connectivity index is 2.11. The van der Waals surface area contributed by atoms with Crippen LogP contribution in [0.5, 0.6) is 5.75 Å². The van der Waals surface area contributed by atoms with Crippen LogP contribution in [0.2, 0.25) is 0 Å². The average molecular weight is 313 g/mol. The second kappa shape index (κ2) is 11.0. The van der Waals surface area contributed by atoms with Gasteiger partial charge in [-0.25, -0.2) is 4.39 Å². The van der Waals surface area contributed by atoms with E-state index >= 15 is 0 Å². The molecule has 0 spiro atoms. The smallest absolute Gasteiger partial charge is 0.165 e. The molecule has 1 N–H and O–H groups in total. The molecule has 0 saturated heterocycles. The van der Waals surface area contributed by atoms with Crippen LogP contribution >= 0.6 is 0 Å². The molecule has 0 aromatic heterocycles. The van der Waals surface area contributed by atoms with E-state index in [1.807, 2.05) is 6.92 Å². The molecule has 0 aliphatic heterocycles. The van der Waals surface area contributed by atoms with E-state index in [1.165, 1.54) is 13.0 Å². The van der Waals surface area contributed by atoms with Crippen molar-refractivity contribution in [2.75, 3.05) is 44.9 Å². The number of carbonyl (C=O) groups excluding carboxylic acids is 1. The second-order valence-electron chi connectivity index (χ2n) is 4.74. The summed E-state index contributed by atoms with van der Waals surface area (Å²) in [6, 6.07) is 4.68. The molecular weight excluding hydrogens is 289 g/mol. The summed E-state index contributed by atoms with van der Waals surface area (Å²) in [5.41, 5.74) is 0.822. The highest BCUT2D eigenvalue weighted by atomic mass is 19.1. The monoisotopic (exact) mass is 313 g/mol. The first-order chi connectivity index (χ1) is 10.6. The fraction of sp³-hybridized carbons (Fsp3) is 0.562. The zero-order valence-corrected chi connectivity index (χ0v) is 13.2. The van der Waals surface area contributed by atoms with Crippen LogP contribution in [0.15, 0.2) is 18.2 Å². The maximum atomic E-state index is 13.6. The summed E-state index contributed by atoms with van der Waals surface area (Å²) in [6.07, 6.45) is 0.706. The molecule has 1 rings (SSSR count). The lowest BCUT2D eigenvalue weighted by Gasteiger charge is -2.10. The van der Waals surface area contributed by atoms with Crippen molar-refractivity contribution in [2.24, 2.45) is 0 Å². The summed E-state index contributed by atoms with van der Waals surface area (Å²) in [4.78, 5) is 10.6. The van der Waals surface area contributed by atoms with Gasteiger partial charge in [0.15, 0.2) is 17.3 Å². The first-order valence-corrected chi connectivity index (χ1v) is 7.44. The molecule has 1 aromatic carbocycles. The molecule has 124 valence electrons. The first-order valence-electron chi connectivity index (χ1n) is 7.44. The number of anilines is 1. The maximum absolute atomic E-state index is 13.6. The van der Waals surface area contributed by atoms with E-state index in [-0.39, 0.29) is 30.6 Å². The number of hydrogen-bond acceptors (Lipinski definition) is 5. The quantitative estimate of drug-likeness (QED) is 0.601. The van der Waals surface area contributed by atoms with Gasteiger partial charge in [-0.05, 0) is 32.4 Å². The molecule has 0 saturated carbocycles. The Labute approximate surface area is 130 Å². The highest BCUT2D eigenvalue weighted by Crippen LogP contribution is 2.21. The Bertz CT molecular complexity index is 454. The van der Waals surface area contributed by atoms with E-state index in [2.05, 4.69) is 5.32 Å². The summed E-state index contributed by atoms with van der Waals surface area (Å²) < 4.78 is 29.4. The Kier molecular flexibility index (Phi) is 9.18. The number of carbonyl (C=O) groups is 1. The SMILES string of the molecule is CCNc1ccc(F)c(OCCOCCCOCC(C)=O)c1. The summed E-state index contributed by atoms with van der Waals surface area (Å²) in [6.45, 7) is 6.01. The maximum Gasteiger partial charge on any atom is 0.165 e. The van der Waals surface area contributed by atoms with Gasteiger partial charge in [-0.3, -0.25) is 4.79 Å². The number of hydrogen-bond donors (Lipinski definition) is 1. The molecule has 0 bridgehead atoms. The van der Waals surface area contributed by atoms with Crippen molar-refractivity contribution in [3.63, 3.8) is 0 Å². The summed E-state index contributed by atoms with van der Waals surface area (Å²) in [5.74, 6) is -0.165. The number of halogens is 1. The topological polar surface area (TPSA) is 56.8 Å². The van der Waals surface area contributed by atoms with Crippen molar-refractivity contribution in [3.8, 4) is 5.75 Å². The van der Waals surface area contributed by atoms with Crippen molar-refractivity contribution in [1.82, 2.24) is 0 Å². The van der Waals surface area contributed by atoms with Crippen LogP contribution in [0.4, 0.5) is 10.1 Å². The standard InChI is InChI=1S/C16H24FNO4/c1-3-18-14-5-6-15(17)16(11-14)22-10-9-20-7-4-8-21-12-13(2)19/h5-6,11,18H,3-4,7-10,12H2,1-2H3. The Morgan fingerprint density at radius 3 is 2.68 bits per heavy atom. The zero-order valence-electron chi connectivity index (χ0n) is 13.2. The highest BCUT2D eigenvalue weighted by molar-refractivity contribution is 5.76. The highest BCUT2D eigenvalue weighted by Gasteiger charge is 2.04. The van der Waals surface area contributed by atoms with Crippen LogP contribution in [-0.4, -0.2) is 45.4 Å². The molecule has 0 radical (unpaired) electrons. The van der Waals surface area contributed by atoms with E-state index < -0.39 is 0 Å². The molecule has 0 aliphatic rings. The van der Waals surface area contributed by atoms with Crippen LogP contribution in [0.3, 0.4) is 0 Å². The van der Waals surface area contributed by atoms with E-state index in [9.17, 15) is 9.18 Å². The van der Waals surface area contributed by atoms with Gasteiger partial charge in [0.1, 0.15) is 13.2 Å². The number of rotatable bonds is 12. The van der Waals surface area contributed by atoms with Gasteiger partial charge in [-0.2, -0.15) is 0 Å². The van der Waals surface area contributed by atoms with Crippen molar-refractivity contribution in [1.29, 1.82) is 0 Å². The summed E-state index contributed by atoms with van der Waals surface area (Å²) in [5, 5.41) is 3.10. The number of benzene rings is 1. The third kappa shape index (κ3) is 7.95. The van der Waals surface area contributed by atoms with Crippen molar-refractivity contribution >= 4 is 11.5 Å². The predicted octanol–water partition coefficient (Wildman–Crippen LogP) is 2.65. The lowest BCUT2D eigenvalue weighted by Crippen LogP contribution is -2.11. The van der Waals surface area contributed by atoms with Crippen LogP contribution in [0.1, 0.15) is 20.3 Å².